The van der Waals surface area contributed by atoms with Crippen LogP contribution in [0.15, 0.2) is 28.2 Å². The minimum atomic E-state index is -3.68. The van der Waals surface area contributed by atoms with Crippen LogP contribution in [0.25, 0.3) is 0 Å². The zero-order valence-corrected chi connectivity index (χ0v) is 12.1. The zero-order chi connectivity index (χ0) is 14.1. The third-order valence-electron chi connectivity index (χ3n) is 2.90. The molecule has 0 fully saturated rings. The van der Waals surface area contributed by atoms with Gasteiger partial charge in [0.15, 0.2) is 0 Å². The number of H-pyrrole nitrogens is 1. The molecule has 0 amide bonds. The molecule has 6 heteroatoms. The smallest absolute Gasteiger partial charge is 0.245 e. The van der Waals surface area contributed by atoms with E-state index >= 15 is 0 Å². The molecule has 0 unspecified atom stereocenters. The summed E-state index contributed by atoms with van der Waals surface area (Å²) in [7, 11) is -3.68. The van der Waals surface area contributed by atoms with E-state index < -0.39 is 15.5 Å². The molecule has 0 atom stereocenters. The Kier molecular flexibility index (Phi) is 6.80. The van der Waals surface area contributed by atoms with Crippen LogP contribution < -0.4 is 10.2 Å². The van der Waals surface area contributed by atoms with Gasteiger partial charge in [-0.2, -0.15) is 0 Å². The Labute approximate surface area is 114 Å². The molecular formula is C13H22N2O3S. The van der Waals surface area contributed by atoms with Crippen molar-refractivity contribution in [2.45, 2.75) is 50.3 Å². The van der Waals surface area contributed by atoms with Crippen LogP contribution in [0.1, 0.15) is 45.4 Å². The first kappa shape index (κ1) is 15.9. The molecule has 5 nitrogen and oxygen atoms in total. The van der Waals surface area contributed by atoms with Crippen LogP contribution in [0.5, 0.6) is 0 Å². The monoisotopic (exact) mass is 286 g/mol. The van der Waals surface area contributed by atoms with Crippen LogP contribution in [0, 0.1) is 0 Å². The first-order valence-electron chi connectivity index (χ1n) is 6.74. The minimum absolute atomic E-state index is 0.221. The van der Waals surface area contributed by atoms with E-state index in [1.807, 2.05) is 0 Å². The fraction of sp³-hybridized carbons (Fsp3) is 0.615. The number of hydrogen-bond acceptors (Lipinski definition) is 3. The first-order valence-corrected chi connectivity index (χ1v) is 8.23. The lowest BCUT2D eigenvalue weighted by molar-refractivity contribution is 0.566. The highest BCUT2D eigenvalue weighted by Gasteiger charge is 2.16. The number of hydrogen-bond donors (Lipinski definition) is 2. The van der Waals surface area contributed by atoms with Gasteiger partial charge in [-0.25, -0.2) is 13.1 Å². The quantitative estimate of drug-likeness (QED) is 0.682. The molecule has 0 saturated heterocycles. The number of aromatic nitrogens is 1. The normalized spacial score (nSPS) is 11.6. The van der Waals surface area contributed by atoms with Gasteiger partial charge in [-0.3, -0.25) is 4.79 Å². The van der Waals surface area contributed by atoms with Crippen molar-refractivity contribution in [1.29, 1.82) is 0 Å². The Balaban J connectivity index is 2.36. The van der Waals surface area contributed by atoms with Crippen molar-refractivity contribution in [2.75, 3.05) is 6.54 Å². The summed E-state index contributed by atoms with van der Waals surface area (Å²) in [6, 6.07) is 1.21. The standard InChI is InChI=1S/C13H22N2O3S/c1-2-3-4-5-6-7-9-15-19(17,18)13-11-14-10-8-12(13)16/h8,10-11,15H,2-7,9H2,1H3,(H,14,16). The van der Waals surface area contributed by atoms with Crippen LogP contribution in [-0.4, -0.2) is 19.9 Å². The number of sulfonamides is 1. The Morgan fingerprint density at radius 1 is 1.16 bits per heavy atom. The van der Waals surface area contributed by atoms with Crippen LogP contribution in [0.4, 0.5) is 0 Å². The second-order valence-electron chi connectivity index (χ2n) is 4.54. The largest absolute Gasteiger partial charge is 0.366 e. The maximum atomic E-state index is 11.9. The van der Waals surface area contributed by atoms with Gasteiger partial charge < -0.3 is 4.98 Å². The van der Waals surface area contributed by atoms with E-state index in [4.69, 9.17) is 0 Å². The lowest BCUT2D eigenvalue weighted by Gasteiger charge is -2.05. The van der Waals surface area contributed by atoms with E-state index in [2.05, 4.69) is 16.6 Å². The summed E-state index contributed by atoms with van der Waals surface area (Å²) >= 11 is 0. The summed E-state index contributed by atoms with van der Waals surface area (Å²) in [5, 5.41) is 0. The maximum Gasteiger partial charge on any atom is 0.245 e. The highest BCUT2D eigenvalue weighted by atomic mass is 32.2. The highest BCUT2D eigenvalue weighted by molar-refractivity contribution is 7.89. The number of pyridine rings is 1. The van der Waals surface area contributed by atoms with Crippen molar-refractivity contribution >= 4 is 10.0 Å². The average Bonchev–Trinajstić information content (AvgIpc) is 2.38. The van der Waals surface area contributed by atoms with Crippen LogP contribution in [-0.2, 0) is 10.0 Å². The minimum Gasteiger partial charge on any atom is -0.366 e. The Morgan fingerprint density at radius 2 is 1.84 bits per heavy atom. The summed E-state index contributed by atoms with van der Waals surface area (Å²) < 4.78 is 26.2. The van der Waals surface area contributed by atoms with Gasteiger partial charge in [-0.1, -0.05) is 39.0 Å². The molecule has 0 spiro atoms. The van der Waals surface area contributed by atoms with E-state index in [0.29, 0.717) is 6.54 Å². The van der Waals surface area contributed by atoms with Crippen LogP contribution >= 0.6 is 0 Å². The fourth-order valence-corrected chi connectivity index (χ4v) is 2.93. The molecule has 1 heterocycles. The molecule has 0 aliphatic heterocycles. The third-order valence-corrected chi connectivity index (χ3v) is 4.38. The van der Waals surface area contributed by atoms with Gasteiger partial charge in [0, 0.05) is 25.0 Å². The van der Waals surface area contributed by atoms with Gasteiger partial charge in [0.2, 0.25) is 15.5 Å². The van der Waals surface area contributed by atoms with Gasteiger partial charge in [-0.05, 0) is 6.42 Å². The predicted octanol–water partition coefficient (Wildman–Crippen LogP) is 2.01. The molecule has 1 rings (SSSR count). The van der Waals surface area contributed by atoms with E-state index in [0.717, 1.165) is 19.3 Å². The second kappa shape index (κ2) is 8.12. The lowest BCUT2D eigenvalue weighted by Crippen LogP contribution is -2.29. The third kappa shape index (κ3) is 5.57. The molecule has 0 aliphatic carbocycles. The number of aromatic amines is 1. The van der Waals surface area contributed by atoms with Crippen molar-refractivity contribution in [1.82, 2.24) is 9.71 Å². The number of unbranched alkanes of at least 4 members (excludes halogenated alkanes) is 5. The predicted molar refractivity (Wildman–Crippen MR) is 75.6 cm³/mol. The maximum absolute atomic E-state index is 11.9. The summed E-state index contributed by atoms with van der Waals surface area (Å²) in [5.74, 6) is 0. The molecule has 108 valence electrons. The Hall–Kier alpha value is -1.14. The Bertz CT molecular complexity index is 523. The SMILES string of the molecule is CCCCCCCCNS(=O)(=O)c1c[nH]ccc1=O. The number of rotatable bonds is 9. The molecule has 0 saturated carbocycles. The van der Waals surface area contributed by atoms with E-state index in [1.165, 1.54) is 37.7 Å². The lowest BCUT2D eigenvalue weighted by atomic mass is 10.1. The van der Waals surface area contributed by atoms with Gasteiger partial charge in [0.1, 0.15) is 4.90 Å². The second-order valence-corrected chi connectivity index (χ2v) is 6.27. The van der Waals surface area contributed by atoms with E-state index in [9.17, 15) is 13.2 Å². The topological polar surface area (TPSA) is 79.0 Å². The van der Waals surface area contributed by atoms with E-state index in [1.54, 1.807) is 0 Å². The first-order chi connectivity index (χ1) is 9.08. The van der Waals surface area contributed by atoms with E-state index in [-0.39, 0.29) is 4.90 Å². The van der Waals surface area contributed by atoms with Gasteiger partial charge in [0.25, 0.3) is 0 Å². The van der Waals surface area contributed by atoms with Crippen molar-refractivity contribution in [3.8, 4) is 0 Å². The van der Waals surface area contributed by atoms with Crippen LogP contribution in [0.3, 0.4) is 0 Å². The summed E-state index contributed by atoms with van der Waals surface area (Å²) in [6.07, 6.45) is 9.18. The van der Waals surface area contributed by atoms with Gasteiger partial charge in [0.05, 0.1) is 0 Å². The molecule has 1 aromatic heterocycles. The summed E-state index contributed by atoms with van der Waals surface area (Å²) in [4.78, 5) is 13.8. The Morgan fingerprint density at radius 3 is 2.53 bits per heavy atom. The molecule has 19 heavy (non-hydrogen) atoms. The molecule has 0 radical (unpaired) electrons. The zero-order valence-electron chi connectivity index (χ0n) is 11.3. The van der Waals surface area contributed by atoms with Crippen molar-refractivity contribution in [2.24, 2.45) is 0 Å². The van der Waals surface area contributed by atoms with Crippen LogP contribution in [0.2, 0.25) is 0 Å². The molecule has 2 N–H and O–H groups in total. The molecule has 0 bridgehead atoms. The molecule has 0 aliphatic rings. The summed E-state index contributed by atoms with van der Waals surface area (Å²) in [5.41, 5.74) is -0.491. The highest BCUT2D eigenvalue weighted by Crippen LogP contribution is 2.05. The number of nitrogens with one attached hydrogen (secondary N) is 2. The van der Waals surface area contributed by atoms with Gasteiger partial charge in [-0.15, -0.1) is 0 Å². The van der Waals surface area contributed by atoms with Crippen molar-refractivity contribution in [3.05, 3.63) is 28.7 Å². The van der Waals surface area contributed by atoms with Crippen molar-refractivity contribution in [3.63, 3.8) is 0 Å². The van der Waals surface area contributed by atoms with Crippen molar-refractivity contribution < 1.29 is 8.42 Å². The summed E-state index contributed by atoms with van der Waals surface area (Å²) in [6.45, 7) is 2.54. The molecule has 1 aromatic rings. The molecular weight excluding hydrogens is 264 g/mol. The fourth-order valence-electron chi connectivity index (χ4n) is 1.80. The molecule has 0 aromatic carbocycles. The average molecular weight is 286 g/mol. The van der Waals surface area contributed by atoms with Gasteiger partial charge >= 0.3 is 0 Å².